The Kier molecular flexibility index (Phi) is 6.88. The number of nitrogens with zero attached hydrogens (tertiary/aromatic N) is 3. The summed E-state index contributed by atoms with van der Waals surface area (Å²) in [6.07, 6.45) is -0.484. The smallest absolute Gasteiger partial charge is 0.264 e. The minimum absolute atomic E-state index is 0.0645. The molecule has 7 nitrogen and oxygen atoms in total. The Hall–Kier alpha value is -2.30. The number of benzene rings is 2. The van der Waals surface area contributed by atoms with Crippen LogP contribution in [0.5, 0.6) is 0 Å². The Labute approximate surface area is 202 Å². The van der Waals surface area contributed by atoms with Crippen LogP contribution in [-0.2, 0) is 14.8 Å². The Morgan fingerprint density at radius 3 is 2.42 bits per heavy atom. The largest absolute Gasteiger partial charge is 0.373 e. The highest BCUT2D eigenvalue weighted by atomic mass is 35.5. The molecule has 1 saturated heterocycles. The van der Waals surface area contributed by atoms with E-state index in [0.29, 0.717) is 10.8 Å². The van der Waals surface area contributed by atoms with Gasteiger partial charge >= 0.3 is 0 Å². The molecule has 10 heteroatoms. The lowest BCUT2D eigenvalue weighted by Gasteiger charge is -2.34. The second-order valence-corrected chi connectivity index (χ2v) is 11.1. The van der Waals surface area contributed by atoms with Gasteiger partial charge in [-0.2, -0.15) is 4.31 Å². The summed E-state index contributed by atoms with van der Waals surface area (Å²) < 4.78 is 33.9. The number of morpholine rings is 1. The molecule has 2 heterocycles. The van der Waals surface area contributed by atoms with Gasteiger partial charge in [-0.3, -0.25) is 9.69 Å². The van der Waals surface area contributed by atoms with Crippen molar-refractivity contribution in [2.45, 2.75) is 37.9 Å². The number of ether oxygens (including phenoxy) is 1. The first-order valence-electron chi connectivity index (χ1n) is 10.4. The molecule has 1 aliphatic rings. The monoisotopic (exact) mass is 505 g/mol. The number of halogens is 1. The van der Waals surface area contributed by atoms with E-state index in [4.69, 9.17) is 16.3 Å². The van der Waals surface area contributed by atoms with Crippen molar-refractivity contribution in [3.8, 4) is 0 Å². The number of hydrogen-bond donors (Lipinski definition) is 0. The Balaban J connectivity index is 1.75. The van der Waals surface area contributed by atoms with Gasteiger partial charge in [-0.05, 0) is 51.1 Å². The molecule has 0 radical (unpaired) electrons. The van der Waals surface area contributed by atoms with Crippen molar-refractivity contribution < 1.29 is 17.9 Å². The molecule has 3 aromatic rings. The number of carbonyl (C=O) groups excluding carboxylic acids is 1. The number of sulfonamides is 1. The fraction of sp³-hybridized carbons (Fsp3) is 0.304. The third-order valence-electron chi connectivity index (χ3n) is 5.20. The van der Waals surface area contributed by atoms with Crippen LogP contribution in [0.1, 0.15) is 29.9 Å². The van der Waals surface area contributed by atoms with Gasteiger partial charge in [0.25, 0.3) is 5.91 Å². The molecule has 0 aliphatic carbocycles. The van der Waals surface area contributed by atoms with E-state index in [-0.39, 0.29) is 40.8 Å². The molecule has 2 atom stereocenters. The Morgan fingerprint density at radius 1 is 1.15 bits per heavy atom. The van der Waals surface area contributed by atoms with Crippen LogP contribution in [0.15, 0.2) is 58.8 Å². The molecular weight excluding hydrogens is 482 g/mol. The van der Waals surface area contributed by atoms with Crippen molar-refractivity contribution in [2.24, 2.45) is 0 Å². The van der Waals surface area contributed by atoms with Crippen LogP contribution in [0, 0.1) is 6.92 Å². The van der Waals surface area contributed by atoms with Crippen molar-refractivity contribution in [1.29, 1.82) is 0 Å². The molecule has 0 unspecified atom stereocenters. The van der Waals surface area contributed by atoms with Crippen LogP contribution in [0.2, 0.25) is 5.02 Å². The molecule has 33 heavy (non-hydrogen) atoms. The summed E-state index contributed by atoms with van der Waals surface area (Å²) in [5.74, 6) is -0.396. The minimum atomic E-state index is -3.93. The first-order chi connectivity index (χ1) is 15.7. The summed E-state index contributed by atoms with van der Waals surface area (Å²) in [6.45, 7) is 5.94. The van der Waals surface area contributed by atoms with Gasteiger partial charge in [0.1, 0.15) is 4.90 Å². The Morgan fingerprint density at radius 2 is 1.82 bits per heavy atom. The maximum absolute atomic E-state index is 13.6. The van der Waals surface area contributed by atoms with Crippen LogP contribution in [0.25, 0.3) is 0 Å². The summed E-state index contributed by atoms with van der Waals surface area (Å²) in [4.78, 5) is 19.5. The van der Waals surface area contributed by atoms with Gasteiger partial charge in [-0.25, -0.2) is 13.4 Å². The average Bonchev–Trinajstić information content (AvgIpc) is 3.19. The standard InChI is InChI=1S/C23H24ClN3O4S2/c1-15-14-32-23(25-15)27(19-7-5-4-6-8-19)22(28)18-9-10-20(24)21(11-18)33(29,30)26-12-16(2)31-17(3)13-26/h4-11,14,16-17H,12-13H2,1-3H3/t16-,17+. The molecular formula is C23H24ClN3O4S2. The van der Waals surface area contributed by atoms with Crippen molar-refractivity contribution >= 4 is 49.7 Å². The maximum atomic E-state index is 13.6. The van der Waals surface area contributed by atoms with Gasteiger partial charge in [0, 0.05) is 24.0 Å². The van der Waals surface area contributed by atoms with E-state index >= 15 is 0 Å². The van der Waals surface area contributed by atoms with Crippen LogP contribution in [-0.4, -0.2) is 48.9 Å². The van der Waals surface area contributed by atoms with Gasteiger partial charge in [0.2, 0.25) is 10.0 Å². The number of hydrogen-bond acceptors (Lipinski definition) is 6. The van der Waals surface area contributed by atoms with Crippen LogP contribution in [0.3, 0.4) is 0 Å². The van der Waals surface area contributed by atoms with Crippen molar-refractivity contribution in [3.63, 3.8) is 0 Å². The summed E-state index contributed by atoms with van der Waals surface area (Å²) in [5, 5.41) is 2.42. The molecule has 0 saturated carbocycles. The first-order valence-corrected chi connectivity index (χ1v) is 13.1. The van der Waals surface area contributed by atoms with Crippen LogP contribution < -0.4 is 4.90 Å². The lowest BCUT2D eigenvalue weighted by molar-refractivity contribution is -0.0440. The number of rotatable bonds is 5. The summed E-state index contributed by atoms with van der Waals surface area (Å²) in [7, 11) is -3.93. The number of para-hydroxylation sites is 1. The zero-order chi connectivity index (χ0) is 23.8. The lowest BCUT2D eigenvalue weighted by atomic mass is 10.2. The maximum Gasteiger partial charge on any atom is 0.264 e. The highest BCUT2D eigenvalue weighted by molar-refractivity contribution is 7.89. The molecule has 4 rings (SSSR count). The summed E-state index contributed by atoms with van der Waals surface area (Å²) in [5.41, 5.74) is 1.62. The van der Waals surface area contributed by atoms with E-state index in [2.05, 4.69) is 4.98 Å². The first kappa shape index (κ1) is 23.8. The number of carbonyl (C=O) groups is 1. The average molecular weight is 506 g/mol. The molecule has 0 bridgehead atoms. The highest BCUT2D eigenvalue weighted by Gasteiger charge is 2.34. The van der Waals surface area contributed by atoms with Gasteiger partial charge in [0.15, 0.2) is 5.13 Å². The normalized spacial score (nSPS) is 19.4. The van der Waals surface area contributed by atoms with Crippen LogP contribution >= 0.6 is 22.9 Å². The summed E-state index contributed by atoms with van der Waals surface area (Å²) in [6, 6.07) is 13.5. The molecule has 1 aromatic heterocycles. The zero-order valence-electron chi connectivity index (χ0n) is 18.4. The quantitative estimate of drug-likeness (QED) is 0.493. The second kappa shape index (κ2) is 9.52. The van der Waals surface area contributed by atoms with E-state index in [9.17, 15) is 13.2 Å². The summed E-state index contributed by atoms with van der Waals surface area (Å²) >= 11 is 7.66. The van der Waals surface area contributed by atoms with Gasteiger partial charge in [0.05, 0.1) is 28.6 Å². The third-order valence-corrected chi connectivity index (χ3v) is 8.45. The van der Waals surface area contributed by atoms with E-state index in [1.807, 2.05) is 44.4 Å². The molecule has 174 valence electrons. The van der Waals surface area contributed by atoms with Gasteiger partial charge in [-0.15, -0.1) is 11.3 Å². The zero-order valence-corrected chi connectivity index (χ0v) is 20.8. The fourth-order valence-corrected chi connectivity index (χ4v) is 6.68. The van der Waals surface area contributed by atoms with Crippen molar-refractivity contribution in [1.82, 2.24) is 9.29 Å². The number of thiazole rings is 1. The lowest BCUT2D eigenvalue weighted by Crippen LogP contribution is -2.48. The van der Waals surface area contributed by atoms with Crippen molar-refractivity contribution in [3.05, 3.63) is 70.2 Å². The van der Waals surface area contributed by atoms with E-state index < -0.39 is 15.9 Å². The predicted molar refractivity (Wildman–Crippen MR) is 130 cm³/mol. The number of aromatic nitrogens is 1. The molecule has 0 N–H and O–H groups in total. The molecule has 1 aliphatic heterocycles. The number of anilines is 2. The van der Waals surface area contributed by atoms with Crippen LogP contribution in [0.4, 0.5) is 10.8 Å². The molecule has 1 amide bonds. The third kappa shape index (κ3) is 4.97. The Bertz CT molecular complexity index is 1250. The predicted octanol–water partition coefficient (Wildman–Crippen LogP) is 4.88. The SMILES string of the molecule is Cc1csc(N(C(=O)c2ccc(Cl)c(S(=O)(=O)N3C[C@@H](C)O[C@@H](C)C3)c2)c2ccccc2)n1. The highest BCUT2D eigenvalue weighted by Crippen LogP contribution is 2.33. The molecule has 1 fully saturated rings. The second-order valence-electron chi connectivity index (χ2n) is 7.97. The number of amides is 1. The van der Waals surface area contributed by atoms with E-state index in [0.717, 1.165) is 5.69 Å². The minimum Gasteiger partial charge on any atom is -0.373 e. The van der Waals surface area contributed by atoms with E-state index in [1.165, 1.54) is 38.7 Å². The topological polar surface area (TPSA) is 79.8 Å². The van der Waals surface area contributed by atoms with Crippen molar-refractivity contribution in [2.75, 3.05) is 18.0 Å². The van der Waals surface area contributed by atoms with E-state index in [1.54, 1.807) is 12.1 Å². The molecule has 0 spiro atoms. The molecule has 2 aromatic carbocycles. The van der Waals surface area contributed by atoms with Gasteiger partial charge in [-0.1, -0.05) is 29.8 Å². The fourth-order valence-electron chi connectivity index (χ4n) is 3.77. The van der Waals surface area contributed by atoms with Gasteiger partial charge < -0.3 is 4.74 Å². The number of aryl methyl sites for hydroxylation is 1.